The van der Waals surface area contributed by atoms with Gasteiger partial charge in [-0.1, -0.05) is 13.8 Å². The van der Waals surface area contributed by atoms with Gasteiger partial charge in [0.05, 0.1) is 6.10 Å². The van der Waals surface area contributed by atoms with Crippen LogP contribution in [0.5, 0.6) is 0 Å². The zero-order valence-electron chi connectivity index (χ0n) is 13.9. The van der Waals surface area contributed by atoms with E-state index in [1.807, 2.05) is 0 Å². The van der Waals surface area contributed by atoms with E-state index in [-0.39, 0.29) is 28.6 Å². The predicted molar refractivity (Wildman–Crippen MR) is 84.1 cm³/mol. The van der Waals surface area contributed by atoms with Crippen molar-refractivity contribution in [2.45, 2.75) is 77.4 Å². The second-order valence-corrected chi connectivity index (χ2v) is 9.11. The van der Waals surface area contributed by atoms with Gasteiger partial charge in [-0.25, -0.2) is 0 Å². The van der Waals surface area contributed by atoms with Gasteiger partial charge in [-0.15, -0.1) is 0 Å². The maximum absolute atomic E-state index is 12.5. The number of fused-ring (bicyclic) bond motifs is 5. The SMILES string of the molecule is C[C@]12CCC(O)C(=O)[C@@H]1CC[C@@H]1[C@@H]2CC[C@]2(C)C(O)CC[C@@H]12. The lowest BCUT2D eigenvalue weighted by Crippen LogP contribution is -2.57. The first-order chi connectivity index (χ1) is 10.4. The fraction of sp³-hybridized carbons (Fsp3) is 0.947. The van der Waals surface area contributed by atoms with Crippen molar-refractivity contribution in [3.8, 4) is 0 Å². The first kappa shape index (κ1) is 15.1. The van der Waals surface area contributed by atoms with E-state index < -0.39 is 6.10 Å². The summed E-state index contributed by atoms with van der Waals surface area (Å²) in [6.07, 6.45) is 7.28. The minimum absolute atomic E-state index is 0.0770. The van der Waals surface area contributed by atoms with Crippen LogP contribution in [-0.2, 0) is 4.79 Å². The number of hydrogen-bond donors (Lipinski definition) is 2. The Morgan fingerprint density at radius 1 is 0.864 bits per heavy atom. The third-order valence-corrected chi connectivity index (χ3v) is 8.45. The number of Topliss-reactive ketones (excluding diaryl/α,β-unsaturated/α-hetero) is 1. The summed E-state index contributed by atoms with van der Waals surface area (Å²) in [5.74, 6) is 2.13. The topological polar surface area (TPSA) is 57.5 Å². The molecule has 0 spiro atoms. The van der Waals surface area contributed by atoms with E-state index in [4.69, 9.17) is 0 Å². The van der Waals surface area contributed by atoms with Crippen LogP contribution in [0.4, 0.5) is 0 Å². The second kappa shape index (κ2) is 4.80. The van der Waals surface area contributed by atoms with Crippen LogP contribution in [-0.4, -0.2) is 28.2 Å². The van der Waals surface area contributed by atoms with Crippen molar-refractivity contribution in [2.24, 2.45) is 34.5 Å². The minimum atomic E-state index is -0.711. The van der Waals surface area contributed by atoms with E-state index in [9.17, 15) is 15.0 Å². The molecule has 8 atom stereocenters. The van der Waals surface area contributed by atoms with Crippen LogP contribution in [0.3, 0.4) is 0 Å². The summed E-state index contributed by atoms with van der Waals surface area (Å²) in [6, 6.07) is 0. The summed E-state index contributed by atoms with van der Waals surface area (Å²) in [5.41, 5.74) is 0.205. The van der Waals surface area contributed by atoms with E-state index in [1.54, 1.807) is 0 Å². The molecule has 4 aliphatic rings. The molecule has 0 bridgehead atoms. The molecule has 0 heterocycles. The molecule has 4 fully saturated rings. The molecule has 0 saturated heterocycles. The molecular weight excluding hydrogens is 276 g/mol. The van der Waals surface area contributed by atoms with E-state index in [1.165, 1.54) is 0 Å². The number of carbonyl (C=O) groups excluding carboxylic acids is 1. The summed E-state index contributed by atoms with van der Waals surface area (Å²) in [4.78, 5) is 12.5. The van der Waals surface area contributed by atoms with Gasteiger partial charge in [0.25, 0.3) is 0 Å². The Kier molecular flexibility index (Phi) is 3.30. The van der Waals surface area contributed by atoms with Gasteiger partial charge in [0.1, 0.15) is 6.10 Å². The molecule has 4 rings (SSSR count). The predicted octanol–water partition coefficient (Wildman–Crippen LogP) is 2.93. The Labute approximate surface area is 133 Å². The molecule has 0 radical (unpaired) electrons. The van der Waals surface area contributed by atoms with Gasteiger partial charge in [-0.2, -0.15) is 0 Å². The van der Waals surface area contributed by atoms with E-state index in [0.717, 1.165) is 44.9 Å². The van der Waals surface area contributed by atoms with E-state index >= 15 is 0 Å². The van der Waals surface area contributed by atoms with Crippen molar-refractivity contribution in [1.82, 2.24) is 0 Å². The van der Waals surface area contributed by atoms with E-state index in [2.05, 4.69) is 13.8 Å². The highest BCUT2D eigenvalue weighted by Crippen LogP contribution is 2.65. The summed E-state index contributed by atoms with van der Waals surface area (Å²) >= 11 is 0. The van der Waals surface area contributed by atoms with Gasteiger partial charge in [0, 0.05) is 5.92 Å². The van der Waals surface area contributed by atoms with Crippen molar-refractivity contribution in [3.05, 3.63) is 0 Å². The smallest absolute Gasteiger partial charge is 0.164 e. The quantitative estimate of drug-likeness (QED) is 0.723. The lowest BCUT2D eigenvalue weighted by molar-refractivity contribution is -0.161. The lowest BCUT2D eigenvalue weighted by atomic mass is 9.45. The fourth-order valence-corrected chi connectivity index (χ4v) is 7.08. The number of carbonyl (C=O) groups is 1. The number of rotatable bonds is 0. The third-order valence-electron chi connectivity index (χ3n) is 8.45. The zero-order chi connectivity index (χ0) is 15.7. The van der Waals surface area contributed by atoms with Crippen molar-refractivity contribution in [1.29, 1.82) is 0 Å². The molecule has 0 aromatic heterocycles. The minimum Gasteiger partial charge on any atom is -0.393 e. The highest BCUT2D eigenvalue weighted by atomic mass is 16.3. The molecule has 2 N–H and O–H groups in total. The van der Waals surface area contributed by atoms with Crippen LogP contribution in [0.15, 0.2) is 0 Å². The van der Waals surface area contributed by atoms with Crippen molar-refractivity contribution >= 4 is 5.78 Å². The van der Waals surface area contributed by atoms with Crippen LogP contribution >= 0.6 is 0 Å². The first-order valence-electron chi connectivity index (χ1n) is 9.28. The second-order valence-electron chi connectivity index (χ2n) is 9.11. The summed E-state index contributed by atoms with van der Waals surface area (Å²) in [5, 5.41) is 20.4. The van der Waals surface area contributed by atoms with Crippen LogP contribution in [0.25, 0.3) is 0 Å². The molecule has 124 valence electrons. The number of ketones is 1. The van der Waals surface area contributed by atoms with Gasteiger partial charge < -0.3 is 10.2 Å². The Morgan fingerprint density at radius 3 is 2.32 bits per heavy atom. The fourth-order valence-electron chi connectivity index (χ4n) is 7.08. The van der Waals surface area contributed by atoms with Crippen LogP contribution in [0.2, 0.25) is 0 Å². The Hall–Kier alpha value is -0.410. The van der Waals surface area contributed by atoms with Gasteiger partial charge in [-0.3, -0.25) is 4.79 Å². The summed E-state index contributed by atoms with van der Waals surface area (Å²) in [7, 11) is 0. The number of aliphatic hydroxyl groups excluding tert-OH is 2. The summed E-state index contributed by atoms with van der Waals surface area (Å²) in [6.45, 7) is 4.63. The molecule has 4 saturated carbocycles. The number of hydrogen-bond acceptors (Lipinski definition) is 3. The molecule has 0 aliphatic heterocycles. The monoisotopic (exact) mass is 306 g/mol. The average molecular weight is 306 g/mol. The van der Waals surface area contributed by atoms with Crippen molar-refractivity contribution < 1.29 is 15.0 Å². The standard InChI is InChI=1S/C19H30O3/c1-18-10-8-15(20)17(22)14(18)4-3-11-12-5-6-16(21)19(12,2)9-7-13(11)18/h11-16,20-21H,3-10H2,1-2H3/t11-,12-,13-,14-,15?,16?,18+,19-/m0/s1. The van der Waals surface area contributed by atoms with Gasteiger partial charge in [0.2, 0.25) is 0 Å². The summed E-state index contributed by atoms with van der Waals surface area (Å²) < 4.78 is 0. The van der Waals surface area contributed by atoms with Crippen LogP contribution in [0.1, 0.15) is 65.2 Å². The Balaban J connectivity index is 1.65. The average Bonchev–Trinajstić information content (AvgIpc) is 2.79. The highest BCUT2D eigenvalue weighted by molar-refractivity contribution is 5.86. The molecule has 3 heteroatoms. The lowest BCUT2D eigenvalue weighted by Gasteiger charge is -2.60. The molecule has 2 unspecified atom stereocenters. The van der Waals surface area contributed by atoms with E-state index in [0.29, 0.717) is 24.2 Å². The molecule has 3 nitrogen and oxygen atoms in total. The Morgan fingerprint density at radius 2 is 1.55 bits per heavy atom. The van der Waals surface area contributed by atoms with Crippen molar-refractivity contribution in [2.75, 3.05) is 0 Å². The first-order valence-corrected chi connectivity index (χ1v) is 9.28. The maximum atomic E-state index is 12.5. The Bertz CT molecular complexity index is 489. The molecule has 4 aliphatic carbocycles. The normalized spacial score (nSPS) is 57.9. The molecule has 22 heavy (non-hydrogen) atoms. The van der Waals surface area contributed by atoms with Gasteiger partial charge >= 0.3 is 0 Å². The third kappa shape index (κ3) is 1.78. The maximum Gasteiger partial charge on any atom is 0.164 e. The molecule has 0 aromatic rings. The van der Waals surface area contributed by atoms with Gasteiger partial charge in [0.15, 0.2) is 5.78 Å². The zero-order valence-corrected chi connectivity index (χ0v) is 13.9. The molecule has 0 aromatic carbocycles. The van der Waals surface area contributed by atoms with Crippen molar-refractivity contribution in [3.63, 3.8) is 0 Å². The van der Waals surface area contributed by atoms with Gasteiger partial charge in [-0.05, 0) is 80.0 Å². The number of aliphatic hydroxyl groups is 2. The highest BCUT2D eigenvalue weighted by Gasteiger charge is 2.61. The molecular formula is C19H30O3. The van der Waals surface area contributed by atoms with Crippen LogP contribution in [0, 0.1) is 34.5 Å². The van der Waals surface area contributed by atoms with Crippen LogP contribution < -0.4 is 0 Å². The molecule has 0 amide bonds. The largest absolute Gasteiger partial charge is 0.393 e.